The van der Waals surface area contributed by atoms with Crippen LogP contribution in [0.5, 0.6) is 5.75 Å². The number of hydrogen-bond donors (Lipinski definition) is 2. The highest BCUT2D eigenvalue weighted by Crippen LogP contribution is 2.24. The molecule has 104 valence electrons. The number of esters is 1. The van der Waals surface area contributed by atoms with E-state index in [1.54, 1.807) is 12.1 Å². The van der Waals surface area contributed by atoms with Gasteiger partial charge in [-0.3, -0.25) is 0 Å². The standard InChI is InChI=1S/C15H14BrNO3/c1-20-15(19)14(10-5-7-13(18)8-6-10)17-12-4-2-3-11(16)9-12/h2-9,14,17-18H,1H3. The maximum absolute atomic E-state index is 11.9. The molecule has 1 atom stereocenters. The molecule has 0 radical (unpaired) electrons. The summed E-state index contributed by atoms with van der Waals surface area (Å²) >= 11 is 3.38. The van der Waals surface area contributed by atoms with Gasteiger partial charge >= 0.3 is 5.97 Å². The molecule has 0 spiro atoms. The van der Waals surface area contributed by atoms with E-state index in [1.165, 1.54) is 19.2 Å². The van der Waals surface area contributed by atoms with Gasteiger partial charge in [0, 0.05) is 10.2 Å². The van der Waals surface area contributed by atoms with Gasteiger partial charge in [-0.15, -0.1) is 0 Å². The summed E-state index contributed by atoms with van der Waals surface area (Å²) in [7, 11) is 1.35. The van der Waals surface area contributed by atoms with E-state index in [9.17, 15) is 9.90 Å². The van der Waals surface area contributed by atoms with Gasteiger partial charge in [-0.2, -0.15) is 0 Å². The SMILES string of the molecule is COC(=O)C(Nc1cccc(Br)c1)c1ccc(O)cc1. The minimum atomic E-state index is -0.630. The highest BCUT2D eigenvalue weighted by molar-refractivity contribution is 9.10. The van der Waals surface area contributed by atoms with Gasteiger partial charge in [0.25, 0.3) is 0 Å². The summed E-state index contributed by atoms with van der Waals surface area (Å²) in [6.45, 7) is 0. The van der Waals surface area contributed by atoms with Crippen molar-refractivity contribution in [2.24, 2.45) is 0 Å². The van der Waals surface area contributed by atoms with Crippen molar-refractivity contribution < 1.29 is 14.6 Å². The lowest BCUT2D eigenvalue weighted by Crippen LogP contribution is -2.22. The predicted octanol–water partition coefficient (Wildman–Crippen LogP) is 3.48. The molecule has 1 unspecified atom stereocenters. The smallest absolute Gasteiger partial charge is 0.332 e. The molecule has 20 heavy (non-hydrogen) atoms. The highest BCUT2D eigenvalue weighted by atomic mass is 79.9. The molecular formula is C15H14BrNO3. The summed E-state index contributed by atoms with van der Waals surface area (Å²) in [4.78, 5) is 11.9. The third-order valence-electron chi connectivity index (χ3n) is 2.80. The van der Waals surface area contributed by atoms with Crippen LogP contribution in [0.2, 0.25) is 0 Å². The summed E-state index contributed by atoms with van der Waals surface area (Å²) in [5, 5.41) is 12.4. The van der Waals surface area contributed by atoms with Crippen LogP contribution in [0.15, 0.2) is 53.0 Å². The first kappa shape index (κ1) is 14.4. The second-order valence-electron chi connectivity index (χ2n) is 4.20. The maximum atomic E-state index is 11.9. The molecule has 0 aliphatic carbocycles. The van der Waals surface area contributed by atoms with Crippen LogP contribution in [0.1, 0.15) is 11.6 Å². The summed E-state index contributed by atoms with van der Waals surface area (Å²) in [5.74, 6) is -0.240. The minimum Gasteiger partial charge on any atom is -0.508 e. The van der Waals surface area contributed by atoms with Crippen LogP contribution >= 0.6 is 15.9 Å². The lowest BCUT2D eigenvalue weighted by molar-refractivity contribution is -0.141. The number of halogens is 1. The molecule has 2 aromatic rings. The quantitative estimate of drug-likeness (QED) is 0.840. The van der Waals surface area contributed by atoms with Gasteiger partial charge in [0.2, 0.25) is 0 Å². The molecule has 0 saturated heterocycles. The average molecular weight is 336 g/mol. The molecule has 4 nitrogen and oxygen atoms in total. The number of phenols is 1. The summed E-state index contributed by atoms with van der Waals surface area (Å²) in [5.41, 5.74) is 1.51. The van der Waals surface area contributed by atoms with Crippen molar-refractivity contribution in [2.75, 3.05) is 12.4 Å². The van der Waals surface area contributed by atoms with Crippen LogP contribution in [0.3, 0.4) is 0 Å². The molecule has 2 N–H and O–H groups in total. The normalized spacial score (nSPS) is 11.7. The van der Waals surface area contributed by atoms with E-state index in [0.29, 0.717) is 0 Å². The zero-order chi connectivity index (χ0) is 14.5. The molecule has 0 aliphatic rings. The fraction of sp³-hybridized carbons (Fsp3) is 0.133. The number of methoxy groups -OCH3 is 1. The molecule has 2 rings (SSSR count). The molecule has 0 heterocycles. The van der Waals surface area contributed by atoms with Gasteiger partial charge < -0.3 is 15.2 Å². The number of nitrogens with one attached hydrogen (secondary N) is 1. The van der Waals surface area contributed by atoms with Gasteiger partial charge in [-0.25, -0.2) is 4.79 Å². The van der Waals surface area contributed by atoms with E-state index in [4.69, 9.17) is 4.74 Å². The van der Waals surface area contributed by atoms with Crippen molar-refractivity contribution in [3.8, 4) is 5.75 Å². The van der Waals surface area contributed by atoms with Crippen molar-refractivity contribution in [1.29, 1.82) is 0 Å². The summed E-state index contributed by atoms with van der Waals surface area (Å²) in [6, 6.07) is 13.3. The minimum absolute atomic E-state index is 0.153. The Kier molecular flexibility index (Phi) is 4.63. The molecule has 0 aromatic heterocycles. The van der Waals surface area contributed by atoms with E-state index in [2.05, 4.69) is 21.2 Å². The van der Waals surface area contributed by atoms with Crippen molar-refractivity contribution in [3.05, 3.63) is 58.6 Å². The third kappa shape index (κ3) is 3.51. The largest absolute Gasteiger partial charge is 0.508 e. The Morgan fingerprint density at radius 2 is 1.95 bits per heavy atom. The zero-order valence-electron chi connectivity index (χ0n) is 10.8. The molecule has 0 amide bonds. The highest BCUT2D eigenvalue weighted by Gasteiger charge is 2.21. The fourth-order valence-corrected chi connectivity index (χ4v) is 2.21. The Morgan fingerprint density at radius 3 is 2.55 bits per heavy atom. The van der Waals surface area contributed by atoms with Crippen LogP contribution in [0, 0.1) is 0 Å². The van der Waals surface area contributed by atoms with E-state index in [-0.39, 0.29) is 5.75 Å². The van der Waals surface area contributed by atoms with Gasteiger partial charge in [0.05, 0.1) is 7.11 Å². The lowest BCUT2D eigenvalue weighted by Gasteiger charge is -2.18. The van der Waals surface area contributed by atoms with E-state index in [1.807, 2.05) is 24.3 Å². The number of anilines is 1. The number of benzene rings is 2. The summed E-state index contributed by atoms with van der Waals surface area (Å²) in [6.07, 6.45) is 0. The third-order valence-corrected chi connectivity index (χ3v) is 3.29. The van der Waals surface area contributed by atoms with Crippen LogP contribution < -0.4 is 5.32 Å². The molecule has 0 fully saturated rings. The monoisotopic (exact) mass is 335 g/mol. The predicted molar refractivity (Wildman–Crippen MR) is 80.6 cm³/mol. The van der Waals surface area contributed by atoms with Crippen LogP contribution in [0.25, 0.3) is 0 Å². The van der Waals surface area contributed by atoms with Gasteiger partial charge in [0.1, 0.15) is 5.75 Å². The molecule has 0 saturated carbocycles. The molecule has 5 heteroatoms. The van der Waals surface area contributed by atoms with Crippen molar-refractivity contribution in [1.82, 2.24) is 0 Å². The number of ether oxygens (including phenoxy) is 1. The number of hydrogen-bond acceptors (Lipinski definition) is 4. The second-order valence-corrected chi connectivity index (χ2v) is 5.12. The Labute approximate surface area is 125 Å². The Hall–Kier alpha value is -2.01. The molecule has 0 aliphatic heterocycles. The van der Waals surface area contributed by atoms with E-state index < -0.39 is 12.0 Å². The molecule has 2 aromatic carbocycles. The number of phenolic OH excluding ortho intramolecular Hbond substituents is 1. The number of rotatable bonds is 4. The number of aromatic hydroxyl groups is 1. The molecule has 0 bridgehead atoms. The topological polar surface area (TPSA) is 58.6 Å². The first-order chi connectivity index (χ1) is 9.60. The first-order valence-corrected chi connectivity index (χ1v) is 6.78. The van der Waals surface area contributed by atoms with Crippen molar-refractivity contribution in [3.63, 3.8) is 0 Å². The lowest BCUT2D eigenvalue weighted by atomic mass is 10.1. The van der Waals surface area contributed by atoms with Crippen LogP contribution in [0.4, 0.5) is 5.69 Å². The fourth-order valence-electron chi connectivity index (χ4n) is 1.81. The van der Waals surface area contributed by atoms with Crippen molar-refractivity contribution >= 4 is 27.6 Å². The zero-order valence-corrected chi connectivity index (χ0v) is 12.4. The maximum Gasteiger partial charge on any atom is 0.332 e. The van der Waals surface area contributed by atoms with Gasteiger partial charge in [-0.1, -0.05) is 34.1 Å². The second kappa shape index (κ2) is 6.43. The van der Waals surface area contributed by atoms with Gasteiger partial charge in [0.15, 0.2) is 6.04 Å². The van der Waals surface area contributed by atoms with Crippen LogP contribution in [-0.4, -0.2) is 18.2 Å². The Bertz CT molecular complexity index is 598. The van der Waals surface area contributed by atoms with Crippen molar-refractivity contribution in [2.45, 2.75) is 6.04 Å². The van der Waals surface area contributed by atoms with E-state index in [0.717, 1.165) is 15.7 Å². The number of carbonyl (C=O) groups is 1. The Balaban J connectivity index is 2.28. The van der Waals surface area contributed by atoms with E-state index >= 15 is 0 Å². The Morgan fingerprint density at radius 1 is 1.25 bits per heavy atom. The summed E-state index contributed by atoms with van der Waals surface area (Å²) < 4.78 is 5.74. The van der Waals surface area contributed by atoms with Crippen LogP contribution in [-0.2, 0) is 9.53 Å². The average Bonchev–Trinajstić information content (AvgIpc) is 2.45. The molecular weight excluding hydrogens is 322 g/mol. The number of carbonyl (C=O) groups excluding carboxylic acids is 1. The first-order valence-electron chi connectivity index (χ1n) is 5.99. The van der Waals surface area contributed by atoms with Gasteiger partial charge in [-0.05, 0) is 35.9 Å².